The molecule has 2 N–H and O–H groups in total. The summed E-state index contributed by atoms with van der Waals surface area (Å²) in [6.07, 6.45) is 4.28. The van der Waals surface area contributed by atoms with Gasteiger partial charge in [0.25, 0.3) is 0 Å². The van der Waals surface area contributed by atoms with Gasteiger partial charge in [-0.25, -0.2) is 0 Å². The number of para-hydroxylation sites is 1. The third kappa shape index (κ3) is 5.24. The van der Waals surface area contributed by atoms with E-state index in [0.717, 1.165) is 17.1 Å². The van der Waals surface area contributed by atoms with Gasteiger partial charge in [0.2, 0.25) is 11.8 Å². The number of hydrogen-bond acceptors (Lipinski definition) is 3. The van der Waals surface area contributed by atoms with Gasteiger partial charge in [-0.05, 0) is 37.0 Å². The van der Waals surface area contributed by atoms with Crippen molar-refractivity contribution in [2.75, 3.05) is 30.3 Å². The fourth-order valence-corrected chi connectivity index (χ4v) is 5.23. The molecule has 0 aliphatic carbocycles. The number of hydrogen-bond donors (Lipinski definition) is 2. The zero-order valence-corrected chi connectivity index (χ0v) is 18.2. The predicted octanol–water partition coefficient (Wildman–Crippen LogP) is 2.40. The van der Waals surface area contributed by atoms with Gasteiger partial charge >= 0.3 is 0 Å². The average molecular weight is 425 g/mol. The molecule has 158 valence electrons. The van der Waals surface area contributed by atoms with Crippen molar-refractivity contribution < 1.29 is 14.5 Å². The molecule has 5 nitrogen and oxygen atoms in total. The van der Waals surface area contributed by atoms with Gasteiger partial charge in [0.1, 0.15) is 6.54 Å². The lowest BCUT2D eigenvalue weighted by atomic mass is 10.0. The molecule has 6 heteroatoms. The van der Waals surface area contributed by atoms with Crippen LogP contribution < -0.4 is 15.1 Å². The molecule has 1 fully saturated rings. The summed E-state index contributed by atoms with van der Waals surface area (Å²) in [6.45, 7) is 4.47. The Morgan fingerprint density at radius 3 is 2.57 bits per heavy atom. The van der Waals surface area contributed by atoms with Gasteiger partial charge in [0, 0.05) is 30.0 Å². The van der Waals surface area contributed by atoms with Crippen LogP contribution in [0.15, 0.2) is 53.4 Å². The second kappa shape index (κ2) is 10.1. The van der Waals surface area contributed by atoms with Gasteiger partial charge < -0.3 is 15.1 Å². The van der Waals surface area contributed by atoms with Gasteiger partial charge in [-0.2, -0.15) is 0 Å². The van der Waals surface area contributed by atoms with Crippen molar-refractivity contribution in [3.8, 4) is 0 Å². The molecule has 2 heterocycles. The molecule has 2 aliphatic heterocycles. The fraction of sp³-hybridized carbons (Fsp3) is 0.417. The first-order chi connectivity index (χ1) is 14.7. The number of piperidine rings is 1. The smallest absolute Gasteiger partial charge is 0.237 e. The summed E-state index contributed by atoms with van der Waals surface area (Å²) < 4.78 is 0. The standard InChI is InChI=1S/C24H29N3O2S/c28-23(12-15-27-21-10-4-5-11-22(21)30-18-24(27)29)25-16-19-8-2-3-9-20(19)17-26-13-6-1-7-14-26/h2-5,8-11H,1,6-7,12-18H2,(H,25,28)/p+1. The number of carbonyl (C=O) groups is 2. The summed E-state index contributed by atoms with van der Waals surface area (Å²) in [6, 6.07) is 16.3. The number of quaternary nitrogens is 1. The number of benzene rings is 2. The lowest BCUT2D eigenvalue weighted by Gasteiger charge is -2.28. The minimum atomic E-state index is -0.0152. The molecule has 1 saturated heterocycles. The molecule has 0 radical (unpaired) electrons. The van der Waals surface area contributed by atoms with Crippen LogP contribution in [0.2, 0.25) is 0 Å². The Balaban J connectivity index is 1.31. The minimum Gasteiger partial charge on any atom is -0.352 e. The number of nitrogens with zero attached hydrogens (tertiary/aromatic N) is 1. The number of rotatable bonds is 7. The summed E-state index contributed by atoms with van der Waals surface area (Å²) in [4.78, 5) is 29.4. The molecule has 0 aromatic heterocycles. The molecular formula is C24H30N3O2S+. The van der Waals surface area contributed by atoms with E-state index in [1.165, 1.54) is 43.5 Å². The van der Waals surface area contributed by atoms with Gasteiger partial charge in [-0.15, -0.1) is 11.8 Å². The largest absolute Gasteiger partial charge is 0.352 e. The molecule has 0 spiro atoms. The van der Waals surface area contributed by atoms with Gasteiger partial charge in [0.05, 0.1) is 24.5 Å². The first-order valence-electron chi connectivity index (χ1n) is 10.9. The topological polar surface area (TPSA) is 53.9 Å². The van der Waals surface area contributed by atoms with Crippen molar-refractivity contribution in [3.63, 3.8) is 0 Å². The summed E-state index contributed by atoms with van der Waals surface area (Å²) in [5.74, 6) is 0.491. The number of amides is 2. The van der Waals surface area contributed by atoms with E-state index in [4.69, 9.17) is 0 Å². The van der Waals surface area contributed by atoms with Gasteiger partial charge in [-0.1, -0.05) is 36.4 Å². The fourth-order valence-electron chi connectivity index (χ4n) is 4.29. The van der Waals surface area contributed by atoms with E-state index in [2.05, 4.69) is 23.5 Å². The van der Waals surface area contributed by atoms with E-state index >= 15 is 0 Å². The first kappa shape index (κ1) is 20.9. The quantitative estimate of drug-likeness (QED) is 0.718. The van der Waals surface area contributed by atoms with Gasteiger partial charge in [0.15, 0.2) is 0 Å². The molecular weight excluding hydrogens is 394 g/mol. The highest BCUT2D eigenvalue weighted by molar-refractivity contribution is 8.00. The van der Waals surface area contributed by atoms with Crippen LogP contribution in [0.4, 0.5) is 5.69 Å². The second-order valence-corrected chi connectivity index (χ2v) is 9.10. The van der Waals surface area contributed by atoms with Crippen molar-refractivity contribution in [2.45, 2.75) is 43.7 Å². The van der Waals surface area contributed by atoms with Crippen molar-refractivity contribution in [3.05, 3.63) is 59.7 Å². The van der Waals surface area contributed by atoms with Crippen molar-refractivity contribution >= 4 is 29.3 Å². The Morgan fingerprint density at radius 1 is 1.00 bits per heavy atom. The molecule has 2 aromatic rings. The molecule has 2 aliphatic rings. The molecule has 2 aromatic carbocycles. The van der Waals surface area contributed by atoms with Crippen LogP contribution in [0.25, 0.3) is 0 Å². The SMILES string of the molecule is O=C(CCN1C(=O)CSc2ccccc21)NCc1ccccc1C[NH+]1CCCCC1. The molecule has 0 atom stereocenters. The minimum absolute atomic E-state index is 0.0152. The Morgan fingerprint density at radius 2 is 1.73 bits per heavy atom. The lowest BCUT2D eigenvalue weighted by molar-refractivity contribution is -0.918. The van der Waals surface area contributed by atoms with E-state index in [-0.39, 0.29) is 11.8 Å². The second-order valence-electron chi connectivity index (χ2n) is 8.08. The third-order valence-electron chi connectivity index (χ3n) is 5.97. The summed E-state index contributed by atoms with van der Waals surface area (Å²) >= 11 is 1.56. The van der Waals surface area contributed by atoms with Crippen molar-refractivity contribution in [1.82, 2.24) is 5.32 Å². The Kier molecular flexibility index (Phi) is 7.07. The summed E-state index contributed by atoms with van der Waals surface area (Å²) in [7, 11) is 0. The van der Waals surface area contributed by atoms with Crippen molar-refractivity contribution in [1.29, 1.82) is 0 Å². The monoisotopic (exact) mass is 424 g/mol. The van der Waals surface area contributed by atoms with E-state index in [1.807, 2.05) is 30.3 Å². The van der Waals surface area contributed by atoms with E-state index in [9.17, 15) is 9.59 Å². The molecule has 30 heavy (non-hydrogen) atoms. The molecule has 0 bridgehead atoms. The van der Waals surface area contributed by atoms with Crippen LogP contribution in [0.1, 0.15) is 36.8 Å². The maximum Gasteiger partial charge on any atom is 0.237 e. The van der Waals surface area contributed by atoms with Crippen LogP contribution in [-0.4, -0.2) is 37.2 Å². The van der Waals surface area contributed by atoms with Crippen LogP contribution in [-0.2, 0) is 22.7 Å². The van der Waals surface area contributed by atoms with E-state index in [1.54, 1.807) is 21.6 Å². The maximum atomic E-state index is 12.5. The first-order valence-corrected chi connectivity index (χ1v) is 11.9. The highest BCUT2D eigenvalue weighted by Gasteiger charge is 2.24. The van der Waals surface area contributed by atoms with E-state index < -0.39 is 0 Å². The summed E-state index contributed by atoms with van der Waals surface area (Å²) in [5, 5.41) is 3.06. The average Bonchev–Trinajstić information content (AvgIpc) is 2.78. The Hall–Kier alpha value is -2.31. The highest BCUT2D eigenvalue weighted by atomic mass is 32.2. The molecule has 0 saturated carbocycles. The number of carbonyl (C=O) groups excluding carboxylic acids is 2. The number of nitrogens with one attached hydrogen (secondary N) is 2. The molecule has 2 amide bonds. The van der Waals surface area contributed by atoms with Crippen LogP contribution in [0.3, 0.4) is 0 Å². The van der Waals surface area contributed by atoms with Gasteiger partial charge in [-0.3, -0.25) is 9.59 Å². The zero-order chi connectivity index (χ0) is 20.8. The van der Waals surface area contributed by atoms with Crippen LogP contribution in [0.5, 0.6) is 0 Å². The van der Waals surface area contributed by atoms with Crippen LogP contribution >= 0.6 is 11.8 Å². The molecule has 4 rings (SSSR count). The van der Waals surface area contributed by atoms with Crippen LogP contribution in [0, 0.1) is 0 Å². The third-order valence-corrected chi connectivity index (χ3v) is 7.01. The number of anilines is 1. The number of thioether (sulfide) groups is 1. The summed E-state index contributed by atoms with van der Waals surface area (Å²) in [5.41, 5.74) is 3.44. The zero-order valence-electron chi connectivity index (χ0n) is 17.4. The predicted molar refractivity (Wildman–Crippen MR) is 121 cm³/mol. The normalized spacial score (nSPS) is 16.9. The number of likely N-dealkylation sites (tertiary alicyclic amines) is 1. The lowest BCUT2D eigenvalue weighted by Crippen LogP contribution is -3.11. The number of fused-ring (bicyclic) bond motifs is 1. The maximum absolute atomic E-state index is 12.5. The Bertz CT molecular complexity index is 896. The van der Waals surface area contributed by atoms with E-state index in [0.29, 0.717) is 25.3 Å². The highest BCUT2D eigenvalue weighted by Crippen LogP contribution is 2.34. The molecule has 0 unspecified atom stereocenters. The van der Waals surface area contributed by atoms with Crippen molar-refractivity contribution in [2.24, 2.45) is 0 Å². The Labute approximate surface area is 182 Å².